The lowest BCUT2D eigenvalue weighted by atomic mass is 10.1. The number of fused-ring (bicyclic) bond motifs is 1. The molecule has 2 aromatic rings. The van der Waals surface area contributed by atoms with Gasteiger partial charge in [0.15, 0.2) is 0 Å². The maximum absolute atomic E-state index is 9.31. The maximum Gasteiger partial charge on any atom is 0.148 e. The van der Waals surface area contributed by atoms with Crippen LogP contribution in [0.5, 0.6) is 0 Å². The molecular weight excluding hydrogens is 314 g/mol. The van der Waals surface area contributed by atoms with Gasteiger partial charge < -0.3 is 5.32 Å². The van der Waals surface area contributed by atoms with Crippen molar-refractivity contribution in [1.82, 2.24) is 4.98 Å². The molecule has 1 aromatic heterocycles. The minimum atomic E-state index is 0.610. The molecule has 0 fully saturated rings. The van der Waals surface area contributed by atoms with Crippen LogP contribution in [0.1, 0.15) is 28.8 Å². The summed E-state index contributed by atoms with van der Waals surface area (Å²) in [7, 11) is 0. The number of aromatic nitrogens is 1. The van der Waals surface area contributed by atoms with E-state index < -0.39 is 0 Å². The van der Waals surface area contributed by atoms with Crippen LogP contribution >= 0.6 is 15.9 Å². The van der Waals surface area contributed by atoms with E-state index in [9.17, 15) is 5.26 Å². The zero-order chi connectivity index (χ0) is 14.1. The zero-order valence-electron chi connectivity index (χ0n) is 11.2. The van der Waals surface area contributed by atoms with E-state index in [1.807, 2.05) is 31.2 Å². The Morgan fingerprint density at radius 1 is 1.30 bits per heavy atom. The third-order valence-corrected chi connectivity index (χ3v) is 4.24. The molecular formula is C16H14BrN3. The molecule has 1 aliphatic rings. The highest BCUT2D eigenvalue weighted by Gasteiger charge is 2.16. The number of nitrogens with zero attached hydrogens (tertiary/aromatic N) is 2. The summed E-state index contributed by atoms with van der Waals surface area (Å²) in [5.74, 6) is 0.652. The molecule has 0 spiro atoms. The largest absolute Gasteiger partial charge is 0.338 e. The second kappa shape index (κ2) is 5.26. The standard InChI is InChI=1S/C16H14BrN3/c1-10-5-6-13(17)15(7-10)20-16-12(9-18)8-11-3-2-4-14(11)19-16/h5-8H,2-4H2,1H3,(H,19,20). The van der Waals surface area contributed by atoms with Crippen molar-refractivity contribution in [2.24, 2.45) is 0 Å². The summed E-state index contributed by atoms with van der Waals surface area (Å²) < 4.78 is 0.967. The number of halogens is 1. The third kappa shape index (κ3) is 2.41. The molecule has 100 valence electrons. The Hall–Kier alpha value is -1.86. The fourth-order valence-electron chi connectivity index (χ4n) is 2.52. The molecule has 0 aliphatic heterocycles. The first-order valence-electron chi connectivity index (χ1n) is 6.63. The smallest absolute Gasteiger partial charge is 0.148 e. The predicted octanol–water partition coefficient (Wildman–Crippen LogP) is 4.26. The molecule has 1 aromatic carbocycles. The Morgan fingerprint density at radius 3 is 2.95 bits per heavy atom. The molecule has 0 saturated heterocycles. The monoisotopic (exact) mass is 327 g/mol. The van der Waals surface area contributed by atoms with Crippen molar-refractivity contribution in [1.29, 1.82) is 5.26 Å². The number of nitrogens with one attached hydrogen (secondary N) is 1. The SMILES string of the molecule is Cc1ccc(Br)c(Nc2nc3c(cc2C#N)CCC3)c1. The molecule has 20 heavy (non-hydrogen) atoms. The number of pyridine rings is 1. The van der Waals surface area contributed by atoms with E-state index >= 15 is 0 Å². The summed E-state index contributed by atoms with van der Waals surface area (Å²) in [6.45, 7) is 2.04. The first kappa shape index (κ1) is 13.1. The van der Waals surface area contributed by atoms with Crippen molar-refractivity contribution in [2.45, 2.75) is 26.2 Å². The average Bonchev–Trinajstić information content (AvgIpc) is 2.89. The molecule has 0 amide bonds. The maximum atomic E-state index is 9.31. The van der Waals surface area contributed by atoms with Crippen molar-refractivity contribution in [2.75, 3.05) is 5.32 Å². The lowest BCUT2D eigenvalue weighted by molar-refractivity contribution is 0.900. The molecule has 1 N–H and O–H groups in total. The van der Waals surface area contributed by atoms with Gasteiger partial charge in [0.1, 0.15) is 11.9 Å². The van der Waals surface area contributed by atoms with Crippen molar-refractivity contribution in [3.8, 4) is 6.07 Å². The van der Waals surface area contributed by atoms with Crippen LogP contribution in [0, 0.1) is 18.3 Å². The highest BCUT2D eigenvalue weighted by atomic mass is 79.9. The number of benzene rings is 1. The van der Waals surface area contributed by atoms with Gasteiger partial charge in [-0.1, -0.05) is 6.07 Å². The second-order valence-electron chi connectivity index (χ2n) is 5.06. The van der Waals surface area contributed by atoms with Crippen molar-refractivity contribution in [3.05, 3.63) is 51.1 Å². The molecule has 3 nitrogen and oxygen atoms in total. The molecule has 0 saturated carbocycles. The van der Waals surface area contributed by atoms with E-state index in [4.69, 9.17) is 0 Å². The number of rotatable bonds is 2. The summed E-state index contributed by atoms with van der Waals surface area (Å²) in [6.07, 6.45) is 3.17. The first-order chi connectivity index (χ1) is 9.67. The van der Waals surface area contributed by atoms with Crippen LogP contribution in [0.15, 0.2) is 28.7 Å². The number of hydrogen-bond donors (Lipinski definition) is 1. The minimum absolute atomic E-state index is 0.610. The summed E-state index contributed by atoms with van der Waals surface area (Å²) >= 11 is 3.52. The van der Waals surface area contributed by atoms with Crippen LogP contribution in [-0.4, -0.2) is 4.98 Å². The normalized spacial score (nSPS) is 12.8. The third-order valence-electron chi connectivity index (χ3n) is 3.55. The van der Waals surface area contributed by atoms with Crippen molar-refractivity contribution >= 4 is 27.4 Å². The van der Waals surface area contributed by atoms with E-state index in [2.05, 4.69) is 32.3 Å². The molecule has 3 rings (SSSR count). The number of hydrogen-bond acceptors (Lipinski definition) is 3. The Morgan fingerprint density at radius 2 is 2.15 bits per heavy atom. The topological polar surface area (TPSA) is 48.7 Å². The van der Waals surface area contributed by atoms with Gasteiger partial charge in [0.2, 0.25) is 0 Å². The minimum Gasteiger partial charge on any atom is -0.338 e. The lowest BCUT2D eigenvalue weighted by Gasteiger charge is -2.12. The molecule has 1 aliphatic carbocycles. The Balaban J connectivity index is 2.02. The Kier molecular flexibility index (Phi) is 3.45. The van der Waals surface area contributed by atoms with Crippen LogP contribution in [0.2, 0.25) is 0 Å². The van der Waals surface area contributed by atoms with Crippen LogP contribution in [0.3, 0.4) is 0 Å². The number of anilines is 2. The molecule has 0 unspecified atom stereocenters. The summed E-state index contributed by atoms with van der Waals surface area (Å²) in [5.41, 5.74) is 5.05. The quantitative estimate of drug-likeness (QED) is 0.896. The molecule has 1 heterocycles. The van der Waals surface area contributed by atoms with Gasteiger partial charge in [-0.3, -0.25) is 0 Å². The molecule has 4 heteroatoms. The predicted molar refractivity (Wildman–Crippen MR) is 83.1 cm³/mol. The van der Waals surface area contributed by atoms with Gasteiger partial charge in [-0.2, -0.15) is 5.26 Å². The van der Waals surface area contributed by atoms with Crippen LogP contribution in [0.25, 0.3) is 0 Å². The van der Waals surface area contributed by atoms with Gasteiger partial charge in [0.05, 0.1) is 11.3 Å². The van der Waals surface area contributed by atoms with Gasteiger partial charge in [0.25, 0.3) is 0 Å². The molecule has 0 bridgehead atoms. The van der Waals surface area contributed by atoms with Gasteiger partial charge in [-0.05, 0) is 71.4 Å². The summed E-state index contributed by atoms with van der Waals surface area (Å²) in [6, 6.07) is 10.3. The van der Waals surface area contributed by atoms with E-state index in [-0.39, 0.29) is 0 Å². The molecule has 0 radical (unpaired) electrons. The van der Waals surface area contributed by atoms with Crippen LogP contribution in [-0.2, 0) is 12.8 Å². The fourth-order valence-corrected chi connectivity index (χ4v) is 2.86. The van der Waals surface area contributed by atoms with Crippen molar-refractivity contribution in [3.63, 3.8) is 0 Å². The van der Waals surface area contributed by atoms with E-state index in [0.29, 0.717) is 11.4 Å². The van der Waals surface area contributed by atoms with Gasteiger partial charge >= 0.3 is 0 Å². The highest BCUT2D eigenvalue weighted by molar-refractivity contribution is 9.10. The average molecular weight is 328 g/mol. The van der Waals surface area contributed by atoms with Gasteiger partial charge in [-0.15, -0.1) is 0 Å². The number of aryl methyl sites for hydroxylation is 3. The second-order valence-corrected chi connectivity index (χ2v) is 5.92. The van der Waals surface area contributed by atoms with Crippen molar-refractivity contribution < 1.29 is 0 Å². The van der Waals surface area contributed by atoms with E-state index in [0.717, 1.165) is 40.7 Å². The van der Waals surface area contributed by atoms with Crippen LogP contribution in [0.4, 0.5) is 11.5 Å². The zero-order valence-corrected chi connectivity index (χ0v) is 12.8. The molecule has 0 atom stereocenters. The summed E-state index contributed by atoms with van der Waals surface area (Å²) in [4.78, 5) is 4.64. The van der Waals surface area contributed by atoms with Gasteiger partial charge in [-0.25, -0.2) is 4.98 Å². The van der Waals surface area contributed by atoms with E-state index in [1.165, 1.54) is 5.56 Å². The summed E-state index contributed by atoms with van der Waals surface area (Å²) in [5, 5.41) is 12.6. The first-order valence-corrected chi connectivity index (χ1v) is 7.43. The Bertz CT molecular complexity index is 716. The Labute approximate surface area is 126 Å². The van der Waals surface area contributed by atoms with E-state index in [1.54, 1.807) is 0 Å². The van der Waals surface area contributed by atoms with Crippen LogP contribution < -0.4 is 5.32 Å². The fraction of sp³-hybridized carbons (Fsp3) is 0.250. The van der Waals surface area contributed by atoms with Gasteiger partial charge in [0, 0.05) is 10.2 Å². The number of nitriles is 1. The lowest BCUT2D eigenvalue weighted by Crippen LogP contribution is -2.01. The highest BCUT2D eigenvalue weighted by Crippen LogP contribution is 2.30.